The zero-order valence-electron chi connectivity index (χ0n) is 12.8. The molecule has 0 radical (unpaired) electrons. The number of primary amides is 1. The van der Waals surface area contributed by atoms with E-state index in [9.17, 15) is 9.90 Å². The average molecular weight is 366 g/mol. The third-order valence-electron chi connectivity index (χ3n) is 4.36. The lowest BCUT2D eigenvalue weighted by Gasteiger charge is -2.33. The Labute approximate surface area is 150 Å². The minimum Gasteiger partial charge on any atom is -0.508 e. The summed E-state index contributed by atoms with van der Waals surface area (Å²) in [4.78, 5) is 17.9. The minimum atomic E-state index is -0.431. The Morgan fingerprint density at radius 3 is 2.67 bits per heavy atom. The van der Waals surface area contributed by atoms with Gasteiger partial charge in [-0.2, -0.15) is 0 Å². The number of halogens is 2. The van der Waals surface area contributed by atoms with E-state index in [1.165, 1.54) is 6.07 Å². The molecule has 1 aliphatic rings. The van der Waals surface area contributed by atoms with Gasteiger partial charge in [0.2, 0.25) is 5.91 Å². The third-order valence-corrected chi connectivity index (χ3v) is 5.18. The van der Waals surface area contributed by atoms with Crippen LogP contribution in [0.25, 0.3) is 0 Å². The maximum atomic E-state index is 11.9. The Balaban J connectivity index is 2.17. The van der Waals surface area contributed by atoms with E-state index < -0.39 is 12.1 Å². The molecule has 7 heteroatoms. The summed E-state index contributed by atoms with van der Waals surface area (Å²) in [6.45, 7) is 0.670. The normalized spacial score (nSPS) is 19.3. The number of phenols is 1. The van der Waals surface area contributed by atoms with Gasteiger partial charge in [0.15, 0.2) is 0 Å². The van der Waals surface area contributed by atoms with Gasteiger partial charge in [0, 0.05) is 18.0 Å². The number of likely N-dealkylation sites (tertiary alicyclic amines) is 1. The molecule has 1 fully saturated rings. The van der Waals surface area contributed by atoms with E-state index >= 15 is 0 Å². The second-order valence-corrected chi connectivity index (χ2v) is 6.56. The molecule has 2 aromatic rings. The number of pyridine rings is 1. The molecule has 3 N–H and O–H groups in total. The Morgan fingerprint density at radius 1 is 1.29 bits per heavy atom. The number of hydrogen-bond donors (Lipinski definition) is 2. The van der Waals surface area contributed by atoms with Gasteiger partial charge in [0.1, 0.15) is 5.75 Å². The highest BCUT2D eigenvalue weighted by Gasteiger charge is 2.38. The molecule has 1 aromatic heterocycles. The van der Waals surface area contributed by atoms with Crippen LogP contribution in [0.4, 0.5) is 0 Å². The van der Waals surface area contributed by atoms with E-state index in [0.717, 1.165) is 12.0 Å². The van der Waals surface area contributed by atoms with Gasteiger partial charge in [-0.15, -0.1) is 0 Å². The van der Waals surface area contributed by atoms with Gasteiger partial charge in [-0.1, -0.05) is 23.2 Å². The third kappa shape index (κ3) is 3.07. The largest absolute Gasteiger partial charge is 0.508 e. The van der Waals surface area contributed by atoms with Gasteiger partial charge >= 0.3 is 0 Å². The van der Waals surface area contributed by atoms with Crippen molar-refractivity contribution < 1.29 is 9.90 Å². The molecule has 5 nitrogen and oxygen atoms in total. The highest BCUT2D eigenvalue weighted by atomic mass is 35.5. The highest BCUT2D eigenvalue weighted by molar-refractivity contribution is 6.42. The number of hydrogen-bond acceptors (Lipinski definition) is 4. The number of phenolic OH excluding ortho intramolecular Hbond substituents is 1. The second kappa shape index (κ2) is 6.97. The molecule has 0 aliphatic carbocycles. The summed E-state index contributed by atoms with van der Waals surface area (Å²) in [5.74, 6) is -0.356. The first-order valence-corrected chi connectivity index (χ1v) is 8.38. The summed E-state index contributed by atoms with van der Waals surface area (Å²) in [6, 6.07) is 5.86. The standard InChI is InChI=1S/C17H17Cl2N3O2/c18-11-3-4-13(23)14(15(11)19)16(10-5-7-21-8-6-10)22-9-1-2-12(22)17(20)24/h3-8,12,16,23H,1-2,9H2,(H2,20,24). The number of nitrogens with two attached hydrogens (primary N) is 1. The van der Waals surface area contributed by atoms with E-state index in [0.29, 0.717) is 23.6 Å². The molecule has 2 unspecified atom stereocenters. The summed E-state index contributed by atoms with van der Waals surface area (Å²) in [6.07, 6.45) is 4.84. The molecular weight excluding hydrogens is 349 g/mol. The average Bonchev–Trinajstić information content (AvgIpc) is 3.05. The number of carbonyl (C=O) groups excluding carboxylic acids is 1. The topological polar surface area (TPSA) is 79.5 Å². The lowest BCUT2D eigenvalue weighted by atomic mass is 9.96. The fourth-order valence-electron chi connectivity index (χ4n) is 3.29. The molecule has 1 saturated heterocycles. The fraction of sp³-hybridized carbons (Fsp3) is 0.294. The minimum absolute atomic E-state index is 0.0290. The highest BCUT2D eigenvalue weighted by Crippen LogP contribution is 2.44. The molecule has 2 atom stereocenters. The van der Waals surface area contributed by atoms with Crippen molar-refractivity contribution in [3.8, 4) is 5.75 Å². The monoisotopic (exact) mass is 365 g/mol. The van der Waals surface area contributed by atoms with Gasteiger partial charge in [-0.3, -0.25) is 14.7 Å². The van der Waals surface area contributed by atoms with Crippen LogP contribution in [0.5, 0.6) is 5.75 Å². The lowest BCUT2D eigenvalue weighted by Crippen LogP contribution is -2.42. The predicted octanol–water partition coefficient (Wildman–Crippen LogP) is 3.13. The summed E-state index contributed by atoms with van der Waals surface area (Å²) >= 11 is 12.6. The lowest BCUT2D eigenvalue weighted by molar-refractivity contribution is -0.122. The molecule has 126 valence electrons. The van der Waals surface area contributed by atoms with Crippen molar-refractivity contribution in [1.82, 2.24) is 9.88 Å². The summed E-state index contributed by atoms with van der Waals surface area (Å²) in [7, 11) is 0. The molecule has 0 saturated carbocycles. The van der Waals surface area contributed by atoms with Crippen LogP contribution in [-0.4, -0.2) is 33.5 Å². The quantitative estimate of drug-likeness (QED) is 0.871. The van der Waals surface area contributed by atoms with Gasteiger partial charge in [0.25, 0.3) is 0 Å². The van der Waals surface area contributed by atoms with Crippen molar-refractivity contribution >= 4 is 29.1 Å². The SMILES string of the molecule is NC(=O)C1CCCN1C(c1ccncc1)c1c(O)ccc(Cl)c1Cl. The van der Waals surface area contributed by atoms with Gasteiger partial charge in [-0.05, 0) is 49.2 Å². The number of aromatic hydroxyl groups is 1. The maximum absolute atomic E-state index is 11.9. The Morgan fingerprint density at radius 2 is 2.00 bits per heavy atom. The Hall–Kier alpha value is -1.82. The Kier molecular flexibility index (Phi) is 4.94. The van der Waals surface area contributed by atoms with Crippen LogP contribution < -0.4 is 5.73 Å². The molecule has 1 amide bonds. The van der Waals surface area contributed by atoms with Gasteiger partial charge in [-0.25, -0.2) is 0 Å². The molecule has 24 heavy (non-hydrogen) atoms. The van der Waals surface area contributed by atoms with Crippen molar-refractivity contribution in [3.05, 3.63) is 57.8 Å². The zero-order chi connectivity index (χ0) is 17.3. The summed E-state index contributed by atoms with van der Waals surface area (Å²) in [5.41, 5.74) is 6.91. The molecule has 3 rings (SSSR count). The maximum Gasteiger partial charge on any atom is 0.234 e. The molecule has 2 heterocycles. The summed E-state index contributed by atoms with van der Waals surface area (Å²) < 4.78 is 0. The number of nitrogens with zero attached hydrogens (tertiary/aromatic N) is 2. The first kappa shape index (κ1) is 17.0. The molecule has 0 spiro atoms. The van der Waals surface area contributed by atoms with Crippen LogP contribution in [-0.2, 0) is 4.79 Å². The van der Waals surface area contributed by atoms with E-state index in [1.54, 1.807) is 18.5 Å². The predicted molar refractivity (Wildman–Crippen MR) is 93.1 cm³/mol. The number of aromatic nitrogens is 1. The van der Waals surface area contributed by atoms with Crippen molar-refractivity contribution in [2.75, 3.05) is 6.54 Å². The first-order chi connectivity index (χ1) is 11.5. The van der Waals surface area contributed by atoms with Crippen molar-refractivity contribution in [3.63, 3.8) is 0 Å². The zero-order valence-corrected chi connectivity index (χ0v) is 14.3. The van der Waals surface area contributed by atoms with Gasteiger partial charge in [0.05, 0.1) is 22.1 Å². The van der Waals surface area contributed by atoms with Crippen LogP contribution in [0.2, 0.25) is 10.0 Å². The number of benzene rings is 1. The summed E-state index contributed by atoms with van der Waals surface area (Å²) in [5, 5.41) is 11.0. The number of amides is 1. The molecule has 1 aromatic carbocycles. The smallest absolute Gasteiger partial charge is 0.234 e. The van der Waals surface area contributed by atoms with Crippen LogP contribution in [0.15, 0.2) is 36.7 Å². The van der Waals surface area contributed by atoms with Crippen LogP contribution >= 0.6 is 23.2 Å². The molecule has 0 bridgehead atoms. The van der Waals surface area contributed by atoms with Crippen LogP contribution in [0, 0.1) is 0 Å². The Bertz CT molecular complexity index is 755. The van der Waals surface area contributed by atoms with Crippen molar-refractivity contribution in [2.45, 2.75) is 24.9 Å². The fourth-order valence-corrected chi connectivity index (χ4v) is 3.72. The van der Waals surface area contributed by atoms with E-state index in [2.05, 4.69) is 4.98 Å². The van der Waals surface area contributed by atoms with Crippen LogP contribution in [0.1, 0.15) is 30.0 Å². The number of rotatable bonds is 4. The van der Waals surface area contributed by atoms with Crippen LogP contribution in [0.3, 0.4) is 0 Å². The van der Waals surface area contributed by atoms with E-state index in [1.807, 2.05) is 17.0 Å². The molecular formula is C17H17Cl2N3O2. The van der Waals surface area contributed by atoms with Gasteiger partial charge < -0.3 is 10.8 Å². The molecule has 1 aliphatic heterocycles. The number of carbonyl (C=O) groups is 1. The second-order valence-electron chi connectivity index (χ2n) is 5.78. The van der Waals surface area contributed by atoms with E-state index in [4.69, 9.17) is 28.9 Å². The first-order valence-electron chi connectivity index (χ1n) is 7.62. The van der Waals surface area contributed by atoms with Crippen molar-refractivity contribution in [1.29, 1.82) is 0 Å². The van der Waals surface area contributed by atoms with Crippen molar-refractivity contribution in [2.24, 2.45) is 5.73 Å². The van der Waals surface area contributed by atoms with E-state index in [-0.39, 0.29) is 16.7 Å².